The largest absolute Gasteiger partial charge is 0.381 e. The predicted molar refractivity (Wildman–Crippen MR) is 64.1 cm³/mol. The minimum Gasteiger partial charge on any atom is -0.381 e. The maximum atomic E-state index is 5.89. The van der Waals surface area contributed by atoms with Crippen LogP contribution in [0, 0.1) is 0 Å². The molecule has 0 heterocycles. The van der Waals surface area contributed by atoms with Crippen LogP contribution in [0.1, 0.15) is 18.4 Å². The van der Waals surface area contributed by atoms with Crippen molar-refractivity contribution in [3.8, 4) is 0 Å². The zero-order chi connectivity index (χ0) is 10.4. The maximum absolute atomic E-state index is 5.89. The first-order valence-corrected chi connectivity index (χ1v) is 5.99. The second-order valence-electron chi connectivity index (χ2n) is 3.07. The van der Waals surface area contributed by atoms with E-state index in [1.807, 2.05) is 19.1 Å². The lowest BCUT2D eigenvalue weighted by Crippen LogP contribution is -2.09. The molecule has 1 aromatic rings. The Balaban J connectivity index is 2.68. The van der Waals surface area contributed by atoms with Crippen molar-refractivity contribution in [3.63, 3.8) is 0 Å². The van der Waals surface area contributed by atoms with E-state index in [1.165, 1.54) is 5.56 Å². The fourth-order valence-corrected chi connectivity index (χ4v) is 1.93. The molecule has 1 nitrogen and oxygen atoms in total. The molecular weight excluding hydrogens is 263 g/mol. The molecule has 0 radical (unpaired) electrons. The van der Waals surface area contributed by atoms with Crippen LogP contribution in [-0.2, 0) is 4.74 Å². The van der Waals surface area contributed by atoms with E-state index in [2.05, 4.69) is 28.1 Å². The second-order valence-corrected chi connectivity index (χ2v) is 4.29. The Morgan fingerprint density at radius 2 is 2.29 bits per heavy atom. The van der Waals surface area contributed by atoms with E-state index >= 15 is 0 Å². The first-order chi connectivity index (χ1) is 6.77. The van der Waals surface area contributed by atoms with Gasteiger partial charge in [0.25, 0.3) is 0 Å². The molecule has 3 heteroatoms. The summed E-state index contributed by atoms with van der Waals surface area (Å²) in [5, 5.41) is 0. The fourth-order valence-electron chi connectivity index (χ4n) is 1.25. The van der Waals surface area contributed by atoms with Crippen LogP contribution in [0.25, 0.3) is 0 Å². The minimum absolute atomic E-state index is 0.286. The summed E-state index contributed by atoms with van der Waals surface area (Å²) in [7, 11) is 0. The summed E-state index contributed by atoms with van der Waals surface area (Å²) < 4.78 is 6.47. The van der Waals surface area contributed by atoms with Crippen molar-refractivity contribution < 1.29 is 4.74 Å². The monoisotopic (exact) mass is 276 g/mol. The SMILES string of the molecule is CCOCC(CCl)c1cccc(Br)c1. The smallest absolute Gasteiger partial charge is 0.0546 e. The Bertz CT molecular complexity index is 278. The molecule has 0 bridgehead atoms. The maximum Gasteiger partial charge on any atom is 0.0546 e. The van der Waals surface area contributed by atoms with E-state index in [4.69, 9.17) is 16.3 Å². The van der Waals surface area contributed by atoms with Crippen molar-refractivity contribution in [1.29, 1.82) is 0 Å². The molecule has 0 fully saturated rings. The average Bonchev–Trinajstić information content (AvgIpc) is 2.19. The lowest BCUT2D eigenvalue weighted by molar-refractivity contribution is 0.137. The predicted octanol–water partition coefficient (Wildman–Crippen LogP) is 3.81. The lowest BCUT2D eigenvalue weighted by Gasteiger charge is -2.14. The van der Waals surface area contributed by atoms with Crippen LogP contribution in [0.5, 0.6) is 0 Å². The topological polar surface area (TPSA) is 9.23 Å². The van der Waals surface area contributed by atoms with Gasteiger partial charge < -0.3 is 4.74 Å². The molecule has 0 saturated carbocycles. The van der Waals surface area contributed by atoms with Crippen LogP contribution >= 0.6 is 27.5 Å². The van der Waals surface area contributed by atoms with Crippen molar-refractivity contribution in [2.75, 3.05) is 19.1 Å². The molecule has 1 unspecified atom stereocenters. The molecule has 0 aliphatic carbocycles. The van der Waals surface area contributed by atoms with Gasteiger partial charge in [0, 0.05) is 22.9 Å². The Kier molecular flexibility index (Phi) is 5.53. The Labute approximate surface area is 98.5 Å². The molecule has 0 aliphatic heterocycles. The van der Waals surface area contributed by atoms with Crippen molar-refractivity contribution in [1.82, 2.24) is 0 Å². The van der Waals surface area contributed by atoms with Gasteiger partial charge in [-0.2, -0.15) is 0 Å². The van der Waals surface area contributed by atoms with Gasteiger partial charge >= 0.3 is 0 Å². The van der Waals surface area contributed by atoms with Crippen LogP contribution in [0.15, 0.2) is 28.7 Å². The summed E-state index contributed by atoms with van der Waals surface area (Å²) in [5.41, 5.74) is 1.22. The summed E-state index contributed by atoms with van der Waals surface area (Å²) in [6, 6.07) is 8.20. The molecule has 14 heavy (non-hydrogen) atoms. The fraction of sp³-hybridized carbons (Fsp3) is 0.455. The van der Waals surface area contributed by atoms with E-state index in [0.29, 0.717) is 12.5 Å². The van der Waals surface area contributed by atoms with Gasteiger partial charge in [-0.05, 0) is 24.6 Å². The summed E-state index contributed by atoms with van der Waals surface area (Å²) in [6.07, 6.45) is 0. The molecule has 0 aromatic heterocycles. The molecular formula is C11H14BrClO. The third-order valence-corrected chi connectivity index (χ3v) is 2.90. The van der Waals surface area contributed by atoms with Crippen LogP contribution in [0.3, 0.4) is 0 Å². The highest BCUT2D eigenvalue weighted by Gasteiger charge is 2.10. The summed E-state index contributed by atoms with van der Waals surface area (Å²) in [5.74, 6) is 0.880. The number of hydrogen-bond donors (Lipinski definition) is 0. The first kappa shape index (κ1) is 12.0. The first-order valence-electron chi connectivity index (χ1n) is 4.67. The second kappa shape index (κ2) is 6.44. The van der Waals surface area contributed by atoms with Gasteiger partial charge in [0.2, 0.25) is 0 Å². The third-order valence-electron chi connectivity index (χ3n) is 2.03. The molecule has 0 aliphatic rings. The highest BCUT2D eigenvalue weighted by molar-refractivity contribution is 9.10. The van der Waals surface area contributed by atoms with Gasteiger partial charge in [-0.3, -0.25) is 0 Å². The van der Waals surface area contributed by atoms with E-state index in [-0.39, 0.29) is 5.92 Å². The van der Waals surface area contributed by atoms with E-state index in [0.717, 1.165) is 11.1 Å². The lowest BCUT2D eigenvalue weighted by atomic mass is 10.0. The van der Waals surface area contributed by atoms with Crippen molar-refractivity contribution in [2.24, 2.45) is 0 Å². The van der Waals surface area contributed by atoms with Crippen molar-refractivity contribution in [2.45, 2.75) is 12.8 Å². The number of alkyl halides is 1. The highest BCUT2D eigenvalue weighted by atomic mass is 79.9. The van der Waals surface area contributed by atoms with Gasteiger partial charge in [0.05, 0.1) is 6.61 Å². The van der Waals surface area contributed by atoms with Gasteiger partial charge in [-0.15, -0.1) is 11.6 Å². The Hall–Kier alpha value is -0.0500. The molecule has 0 saturated heterocycles. The quantitative estimate of drug-likeness (QED) is 0.744. The summed E-state index contributed by atoms with van der Waals surface area (Å²) in [4.78, 5) is 0. The van der Waals surface area contributed by atoms with Gasteiger partial charge in [0.15, 0.2) is 0 Å². The standard InChI is InChI=1S/C11H14BrClO/c1-2-14-8-10(7-13)9-4-3-5-11(12)6-9/h3-6,10H,2,7-8H2,1H3. The van der Waals surface area contributed by atoms with Gasteiger partial charge in [-0.25, -0.2) is 0 Å². The molecule has 1 atom stereocenters. The van der Waals surface area contributed by atoms with Crippen LogP contribution in [0.2, 0.25) is 0 Å². The van der Waals surface area contributed by atoms with Crippen LogP contribution < -0.4 is 0 Å². The van der Waals surface area contributed by atoms with Gasteiger partial charge in [-0.1, -0.05) is 28.1 Å². The number of benzene rings is 1. The normalized spacial score (nSPS) is 12.8. The van der Waals surface area contributed by atoms with Crippen molar-refractivity contribution in [3.05, 3.63) is 34.3 Å². The number of halogens is 2. The summed E-state index contributed by atoms with van der Waals surface area (Å²) in [6.45, 7) is 3.42. The number of hydrogen-bond acceptors (Lipinski definition) is 1. The highest BCUT2D eigenvalue weighted by Crippen LogP contribution is 2.21. The van der Waals surface area contributed by atoms with Crippen LogP contribution in [0.4, 0.5) is 0 Å². The van der Waals surface area contributed by atoms with E-state index < -0.39 is 0 Å². The molecule has 0 N–H and O–H groups in total. The minimum atomic E-state index is 0.286. The Morgan fingerprint density at radius 3 is 2.86 bits per heavy atom. The molecule has 0 amide bonds. The number of rotatable bonds is 5. The number of ether oxygens (including phenoxy) is 1. The van der Waals surface area contributed by atoms with Gasteiger partial charge in [0.1, 0.15) is 0 Å². The van der Waals surface area contributed by atoms with E-state index in [1.54, 1.807) is 0 Å². The molecule has 0 spiro atoms. The molecule has 1 rings (SSSR count). The molecule has 1 aromatic carbocycles. The molecule has 78 valence electrons. The zero-order valence-corrected chi connectivity index (χ0v) is 10.5. The van der Waals surface area contributed by atoms with E-state index in [9.17, 15) is 0 Å². The Morgan fingerprint density at radius 1 is 1.50 bits per heavy atom. The summed E-state index contributed by atoms with van der Waals surface area (Å²) >= 11 is 9.34. The third kappa shape index (κ3) is 3.60. The average molecular weight is 278 g/mol. The zero-order valence-electron chi connectivity index (χ0n) is 8.17. The van der Waals surface area contributed by atoms with Crippen molar-refractivity contribution >= 4 is 27.5 Å². The van der Waals surface area contributed by atoms with Crippen LogP contribution in [-0.4, -0.2) is 19.1 Å².